The van der Waals surface area contributed by atoms with Crippen molar-refractivity contribution in [3.05, 3.63) is 174 Å². The lowest BCUT2D eigenvalue weighted by Crippen LogP contribution is -2.06. The van der Waals surface area contributed by atoms with Crippen LogP contribution in [0.2, 0.25) is 0 Å². The summed E-state index contributed by atoms with van der Waals surface area (Å²) in [7, 11) is 0. The number of thiophene rings is 2. The van der Waals surface area contributed by atoms with Gasteiger partial charge >= 0.3 is 0 Å². The molecule has 1 aliphatic rings. The molecule has 0 spiro atoms. The van der Waals surface area contributed by atoms with Crippen LogP contribution in [-0.2, 0) is 0 Å². The number of nitrogens with zero attached hydrogens (tertiary/aromatic N) is 1. The Balaban J connectivity index is 1.17. The third-order valence-electron chi connectivity index (χ3n) is 9.55. The molecule has 0 amide bonds. The summed E-state index contributed by atoms with van der Waals surface area (Å²) in [6.07, 6.45) is 0.772. The summed E-state index contributed by atoms with van der Waals surface area (Å²) in [5, 5.41) is 5.24. The zero-order valence-corrected chi connectivity index (χ0v) is 27.7. The van der Waals surface area contributed by atoms with Crippen molar-refractivity contribution in [3.63, 3.8) is 0 Å². The Morgan fingerprint density at radius 3 is 2.04 bits per heavy atom. The topological polar surface area (TPSA) is 12.4 Å². The number of fused-ring (bicyclic) bond motifs is 6. The van der Waals surface area contributed by atoms with Gasteiger partial charge in [0.2, 0.25) is 0 Å². The van der Waals surface area contributed by atoms with Crippen LogP contribution in [0.3, 0.4) is 0 Å². The lowest BCUT2D eigenvalue weighted by atomic mass is 9.89. The third kappa shape index (κ3) is 4.77. The maximum absolute atomic E-state index is 5.56. The number of aliphatic imine (C=N–C) groups is 1. The van der Waals surface area contributed by atoms with E-state index in [9.17, 15) is 0 Å². The Labute approximate surface area is 282 Å². The van der Waals surface area contributed by atoms with Gasteiger partial charge in [-0.3, -0.25) is 4.99 Å². The number of hydrogen-bond acceptors (Lipinski definition) is 3. The van der Waals surface area contributed by atoms with E-state index in [0.29, 0.717) is 0 Å². The van der Waals surface area contributed by atoms with Crippen molar-refractivity contribution >= 4 is 74.3 Å². The molecule has 0 radical (unpaired) electrons. The number of rotatable bonds is 4. The molecule has 0 fully saturated rings. The number of hydrogen-bond donors (Lipinski definition) is 0. The fourth-order valence-electron chi connectivity index (χ4n) is 7.17. The second-order valence-corrected chi connectivity index (χ2v) is 14.5. The fraction of sp³-hybridized carbons (Fsp3) is 0.0682. The minimum absolute atomic E-state index is 0.145. The normalized spacial score (nSPS) is 15.6. The highest BCUT2D eigenvalue weighted by atomic mass is 32.1. The van der Waals surface area contributed by atoms with E-state index in [4.69, 9.17) is 11.6 Å². The smallest absolute Gasteiger partial charge is 0.0968 e. The fourth-order valence-corrected chi connectivity index (χ4v) is 9.61. The molecule has 8 aromatic rings. The second kappa shape index (κ2) is 11.3. The molecule has 1 nitrogen and oxygen atoms in total. The van der Waals surface area contributed by atoms with E-state index >= 15 is 0 Å². The summed E-state index contributed by atoms with van der Waals surface area (Å²) in [5.41, 5.74) is 10.8. The van der Waals surface area contributed by atoms with Crippen LogP contribution in [0.1, 0.15) is 36.1 Å². The van der Waals surface area contributed by atoms with Gasteiger partial charge in [0.15, 0.2) is 0 Å². The van der Waals surface area contributed by atoms with Gasteiger partial charge in [0, 0.05) is 40.3 Å². The molecule has 1 unspecified atom stereocenters. The van der Waals surface area contributed by atoms with Gasteiger partial charge in [-0.2, -0.15) is 0 Å². The Morgan fingerprint density at radius 1 is 0.574 bits per heavy atom. The van der Waals surface area contributed by atoms with E-state index in [1.54, 1.807) is 0 Å². The highest BCUT2D eigenvalue weighted by Crippen LogP contribution is 2.45. The van der Waals surface area contributed by atoms with E-state index in [1.165, 1.54) is 73.7 Å². The molecule has 0 saturated heterocycles. The van der Waals surface area contributed by atoms with E-state index in [1.807, 2.05) is 22.7 Å². The monoisotopic (exact) mass is 637 g/mol. The van der Waals surface area contributed by atoms with E-state index < -0.39 is 0 Å². The summed E-state index contributed by atoms with van der Waals surface area (Å²) in [6.45, 7) is 6.98. The average molecular weight is 638 g/mol. The number of allylic oxidation sites excluding steroid dienone is 2. The van der Waals surface area contributed by atoms with Crippen molar-refractivity contribution in [2.75, 3.05) is 0 Å². The van der Waals surface area contributed by atoms with Crippen molar-refractivity contribution in [2.24, 2.45) is 4.99 Å². The van der Waals surface area contributed by atoms with Crippen LogP contribution in [0.15, 0.2) is 162 Å². The van der Waals surface area contributed by atoms with Gasteiger partial charge in [-0.15, -0.1) is 22.7 Å². The van der Waals surface area contributed by atoms with Gasteiger partial charge in [0.25, 0.3) is 0 Å². The highest BCUT2D eigenvalue weighted by Gasteiger charge is 2.26. The lowest BCUT2D eigenvalue weighted by Gasteiger charge is -2.16. The minimum atomic E-state index is -0.145. The van der Waals surface area contributed by atoms with Crippen molar-refractivity contribution in [1.82, 2.24) is 0 Å². The van der Waals surface area contributed by atoms with Gasteiger partial charge in [-0.1, -0.05) is 128 Å². The van der Waals surface area contributed by atoms with E-state index in [-0.39, 0.29) is 6.04 Å². The standard InChI is InChI=1S/C44H31NS2/c1-27-24-38(37-18-11-17-36-33-16-9-10-19-39(33)47-44(36)37)28(2)43(30-14-7-4-8-15-30)45-42(27)32-21-23-35-34-22-20-31(29-12-5-3-6-13-29)25-40(34)46-41(35)26-32/h3-23,25-26,42H,1,24H2,2H3. The van der Waals surface area contributed by atoms with Crippen LogP contribution in [0, 0.1) is 0 Å². The minimum Gasteiger partial charge on any atom is -0.272 e. The SMILES string of the molecule is C=C1CC(c2cccc3c2sc2ccccc23)=C(C)C(c2ccccc2)=NC1c1ccc2c(c1)sc1cc(-c3ccccc3)ccc12. The third-order valence-corrected chi connectivity index (χ3v) is 11.9. The van der Waals surface area contributed by atoms with E-state index in [2.05, 4.69) is 146 Å². The first-order chi connectivity index (χ1) is 23.1. The van der Waals surface area contributed by atoms with Gasteiger partial charge in [-0.25, -0.2) is 0 Å². The Kier molecular flexibility index (Phi) is 6.77. The predicted octanol–water partition coefficient (Wildman–Crippen LogP) is 13.1. The molecular weight excluding hydrogens is 607 g/mol. The molecule has 2 aromatic heterocycles. The molecule has 224 valence electrons. The van der Waals surface area contributed by atoms with E-state index in [0.717, 1.165) is 23.3 Å². The van der Waals surface area contributed by atoms with Gasteiger partial charge in [0.1, 0.15) is 0 Å². The molecule has 0 N–H and O–H groups in total. The van der Waals surface area contributed by atoms with Gasteiger partial charge < -0.3 is 0 Å². The predicted molar refractivity (Wildman–Crippen MR) is 206 cm³/mol. The summed E-state index contributed by atoms with van der Waals surface area (Å²) < 4.78 is 5.25. The van der Waals surface area contributed by atoms with Crippen LogP contribution in [-0.4, -0.2) is 5.71 Å². The first kappa shape index (κ1) is 28.2. The Hall–Kier alpha value is -5.09. The molecule has 3 heterocycles. The molecule has 47 heavy (non-hydrogen) atoms. The molecule has 0 saturated carbocycles. The molecular formula is C44H31NS2. The van der Waals surface area contributed by atoms with Crippen LogP contribution in [0.4, 0.5) is 0 Å². The van der Waals surface area contributed by atoms with Crippen LogP contribution >= 0.6 is 22.7 Å². The maximum atomic E-state index is 5.56. The summed E-state index contributed by atoms with van der Waals surface area (Å²) in [6, 6.07) is 50.4. The lowest BCUT2D eigenvalue weighted by molar-refractivity contribution is 0.838. The Morgan fingerprint density at radius 2 is 1.23 bits per heavy atom. The Bertz CT molecular complexity index is 2560. The average Bonchev–Trinajstić information content (AvgIpc) is 3.65. The molecule has 6 aromatic carbocycles. The molecule has 1 atom stereocenters. The molecule has 3 heteroatoms. The van der Waals surface area contributed by atoms with Crippen molar-refractivity contribution in [1.29, 1.82) is 0 Å². The van der Waals surface area contributed by atoms with Crippen LogP contribution in [0.5, 0.6) is 0 Å². The zero-order chi connectivity index (χ0) is 31.5. The second-order valence-electron chi connectivity index (χ2n) is 12.4. The number of benzene rings is 6. The summed E-state index contributed by atoms with van der Waals surface area (Å²) in [4.78, 5) is 5.56. The van der Waals surface area contributed by atoms with Crippen molar-refractivity contribution in [2.45, 2.75) is 19.4 Å². The largest absolute Gasteiger partial charge is 0.272 e. The van der Waals surface area contributed by atoms with Crippen molar-refractivity contribution in [3.8, 4) is 11.1 Å². The van der Waals surface area contributed by atoms with Gasteiger partial charge in [-0.05, 0) is 76.1 Å². The van der Waals surface area contributed by atoms with Crippen LogP contribution in [0.25, 0.3) is 57.0 Å². The quantitative estimate of drug-likeness (QED) is 0.170. The summed E-state index contributed by atoms with van der Waals surface area (Å²) >= 11 is 3.75. The van der Waals surface area contributed by atoms with Crippen LogP contribution < -0.4 is 0 Å². The molecule has 0 bridgehead atoms. The van der Waals surface area contributed by atoms with Crippen molar-refractivity contribution < 1.29 is 0 Å². The van der Waals surface area contributed by atoms with Gasteiger partial charge in [0.05, 0.1) is 11.8 Å². The zero-order valence-electron chi connectivity index (χ0n) is 26.0. The maximum Gasteiger partial charge on any atom is 0.0968 e. The molecule has 9 rings (SSSR count). The molecule has 0 aliphatic carbocycles. The first-order valence-electron chi connectivity index (χ1n) is 16.1. The first-order valence-corrected chi connectivity index (χ1v) is 17.7. The highest BCUT2D eigenvalue weighted by molar-refractivity contribution is 7.26. The molecule has 1 aliphatic heterocycles. The summed E-state index contributed by atoms with van der Waals surface area (Å²) in [5.74, 6) is 0.